The number of nitrogen functional groups attached to an aromatic ring is 1. The van der Waals surface area contributed by atoms with Crippen LogP contribution < -0.4 is 10.5 Å². The molecule has 1 aliphatic carbocycles. The van der Waals surface area contributed by atoms with Crippen LogP contribution in [0.4, 0.5) is 10.1 Å². The second-order valence-corrected chi connectivity index (χ2v) is 4.59. The van der Waals surface area contributed by atoms with Crippen molar-refractivity contribution in [2.45, 2.75) is 12.3 Å². The summed E-state index contributed by atoms with van der Waals surface area (Å²) in [6, 6.07) is 12.5. The fourth-order valence-corrected chi connectivity index (χ4v) is 2.33. The summed E-state index contributed by atoms with van der Waals surface area (Å²) in [6.07, 6.45) is 1.02. The number of halogens is 1. The van der Waals surface area contributed by atoms with Crippen molar-refractivity contribution in [3.05, 3.63) is 59.4 Å². The van der Waals surface area contributed by atoms with Crippen LogP contribution in [-0.4, -0.2) is 6.61 Å². The molecule has 0 fully saturated rings. The minimum absolute atomic E-state index is 0.326. The second-order valence-electron chi connectivity index (χ2n) is 4.59. The molecule has 0 saturated heterocycles. The molecule has 1 unspecified atom stereocenters. The summed E-state index contributed by atoms with van der Waals surface area (Å²) in [5.41, 5.74) is 8.91. The topological polar surface area (TPSA) is 35.2 Å². The fraction of sp³-hybridized carbons (Fsp3) is 0.200. The van der Waals surface area contributed by atoms with E-state index in [1.807, 2.05) is 12.1 Å². The van der Waals surface area contributed by atoms with E-state index in [0.29, 0.717) is 24.0 Å². The highest BCUT2D eigenvalue weighted by atomic mass is 19.1. The van der Waals surface area contributed by atoms with E-state index in [0.717, 1.165) is 6.42 Å². The number of hydrogen-bond donors (Lipinski definition) is 1. The third-order valence-corrected chi connectivity index (χ3v) is 3.38. The molecule has 0 aliphatic heterocycles. The molecule has 0 amide bonds. The van der Waals surface area contributed by atoms with Crippen LogP contribution in [0.15, 0.2) is 42.5 Å². The van der Waals surface area contributed by atoms with Gasteiger partial charge in [0.15, 0.2) is 0 Å². The summed E-state index contributed by atoms with van der Waals surface area (Å²) in [6.45, 7) is 0.546. The van der Waals surface area contributed by atoms with Crippen molar-refractivity contribution in [2.24, 2.45) is 0 Å². The normalized spacial score (nSPS) is 16.8. The van der Waals surface area contributed by atoms with Gasteiger partial charge in [-0.25, -0.2) is 4.39 Å². The third-order valence-electron chi connectivity index (χ3n) is 3.38. The van der Waals surface area contributed by atoms with E-state index in [2.05, 4.69) is 12.1 Å². The summed E-state index contributed by atoms with van der Waals surface area (Å²) in [5, 5.41) is 0. The van der Waals surface area contributed by atoms with E-state index in [4.69, 9.17) is 10.5 Å². The molecule has 0 saturated carbocycles. The summed E-state index contributed by atoms with van der Waals surface area (Å²) in [5.74, 6) is 0.497. The first-order chi connectivity index (χ1) is 8.74. The average Bonchev–Trinajstić information content (AvgIpc) is 2.34. The highest BCUT2D eigenvalue weighted by Crippen LogP contribution is 2.35. The largest absolute Gasteiger partial charge is 0.491 e. The Balaban J connectivity index is 1.68. The maximum atomic E-state index is 13.1. The lowest BCUT2D eigenvalue weighted by atomic mass is 9.78. The number of rotatable bonds is 3. The minimum Gasteiger partial charge on any atom is -0.491 e. The van der Waals surface area contributed by atoms with Crippen LogP contribution >= 0.6 is 0 Å². The highest BCUT2D eigenvalue weighted by Gasteiger charge is 2.26. The van der Waals surface area contributed by atoms with Gasteiger partial charge in [-0.05, 0) is 29.7 Å². The van der Waals surface area contributed by atoms with Gasteiger partial charge in [-0.2, -0.15) is 0 Å². The van der Waals surface area contributed by atoms with Crippen LogP contribution in [0.5, 0.6) is 5.75 Å². The first-order valence-electron chi connectivity index (χ1n) is 5.99. The van der Waals surface area contributed by atoms with Crippen molar-refractivity contribution in [3.63, 3.8) is 0 Å². The Bertz CT molecular complexity index is 582. The van der Waals surface area contributed by atoms with E-state index >= 15 is 0 Å². The zero-order valence-electron chi connectivity index (χ0n) is 9.90. The molecule has 0 aromatic heterocycles. The van der Waals surface area contributed by atoms with Gasteiger partial charge < -0.3 is 10.5 Å². The molecule has 18 heavy (non-hydrogen) atoms. The standard InChI is InChI=1S/C15H14FNO/c16-12-5-6-14(17)15(8-12)18-9-11-7-10-3-1-2-4-13(10)11/h1-6,8,11H,7,9,17H2. The van der Waals surface area contributed by atoms with Gasteiger partial charge in [0, 0.05) is 12.0 Å². The molecule has 2 aromatic carbocycles. The fourth-order valence-electron chi connectivity index (χ4n) is 2.33. The predicted molar refractivity (Wildman–Crippen MR) is 69.2 cm³/mol. The Labute approximate surface area is 105 Å². The van der Waals surface area contributed by atoms with Gasteiger partial charge in [-0.1, -0.05) is 24.3 Å². The van der Waals surface area contributed by atoms with E-state index in [-0.39, 0.29) is 5.82 Å². The molecule has 3 heteroatoms. The number of hydrogen-bond acceptors (Lipinski definition) is 2. The first kappa shape index (κ1) is 11.1. The van der Waals surface area contributed by atoms with Gasteiger partial charge >= 0.3 is 0 Å². The molecule has 2 nitrogen and oxygen atoms in total. The molecule has 92 valence electrons. The van der Waals surface area contributed by atoms with Gasteiger partial charge in [0.05, 0.1) is 12.3 Å². The molecule has 2 aromatic rings. The second kappa shape index (κ2) is 4.33. The lowest BCUT2D eigenvalue weighted by molar-refractivity contribution is 0.275. The van der Waals surface area contributed by atoms with Crippen molar-refractivity contribution >= 4 is 5.69 Å². The Morgan fingerprint density at radius 2 is 2.06 bits per heavy atom. The quantitative estimate of drug-likeness (QED) is 0.840. The first-order valence-corrected chi connectivity index (χ1v) is 5.99. The Morgan fingerprint density at radius 1 is 1.22 bits per heavy atom. The van der Waals surface area contributed by atoms with Crippen molar-refractivity contribution in [2.75, 3.05) is 12.3 Å². The van der Waals surface area contributed by atoms with Crippen molar-refractivity contribution in [1.82, 2.24) is 0 Å². The molecular formula is C15H14FNO. The number of nitrogens with two attached hydrogens (primary N) is 1. The smallest absolute Gasteiger partial charge is 0.145 e. The van der Waals surface area contributed by atoms with Crippen LogP contribution in [0.2, 0.25) is 0 Å². The molecule has 1 atom stereocenters. The van der Waals surface area contributed by atoms with Gasteiger partial charge in [0.2, 0.25) is 0 Å². The summed E-state index contributed by atoms with van der Waals surface area (Å²) in [7, 11) is 0. The van der Waals surface area contributed by atoms with E-state index in [9.17, 15) is 4.39 Å². The van der Waals surface area contributed by atoms with Gasteiger partial charge in [0.1, 0.15) is 11.6 Å². The van der Waals surface area contributed by atoms with Crippen LogP contribution in [0.25, 0.3) is 0 Å². The van der Waals surface area contributed by atoms with Crippen molar-refractivity contribution < 1.29 is 9.13 Å². The number of benzene rings is 2. The van der Waals surface area contributed by atoms with Crippen molar-refractivity contribution in [3.8, 4) is 5.75 Å². The molecular weight excluding hydrogens is 229 g/mol. The van der Waals surface area contributed by atoms with Crippen molar-refractivity contribution in [1.29, 1.82) is 0 Å². The number of fused-ring (bicyclic) bond motifs is 1. The molecule has 0 heterocycles. The molecule has 0 bridgehead atoms. The zero-order chi connectivity index (χ0) is 12.5. The van der Waals surface area contributed by atoms with Crippen LogP contribution in [0.3, 0.4) is 0 Å². The van der Waals surface area contributed by atoms with Crippen LogP contribution in [0, 0.1) is 5.82 Å². The van der Waals surface area contributed by atoms with E-state index in [1.165, 1.54) is 29.3 Å². The molecule has 1 aliphatic rings. The minimum atomic E-state index is -0.326. The highest BCUT2D eigenvalue weighted by molar-refractivity contribution is 5.52. The summed E-state index contributed by atoms with van der Waals surface area (Å²) < 4.78 is 18.7. The van der Waals surface area contributed by atoms with E-state index in [1.54, 1.807) is 0 Å². The van der Waals surface area contributed by atoms with Crippen LogP contribution in [0.1, 0.15) is 17.0 Å². The third kappa shape index (κ3) is 1.92. The average molecular weight is 243 g/mol. The molecule has 3 rings (SSSR count). The van der Waals surface area contributed by atoms with Crippen LogP contribution in [-0.2, 0) is 6.42 Å². The van der Waals surface area contributed by atoms with Gasteiger partial charge in [-0.15, -0.1) is 0 Å². The number of ether oxygens (including phenoxy) is 1. The maximum Gasteiger partial charge on any atom is 0.145 e. The Morgan fingerprint density at radius 3 is 2.89 bits per heavy atom. The van der Waals surface area contributed by atoms with E-state index < -0.39 is 0 Å². The Hall–Kier alpha value is -2.03. The molecule has 0 radical (unpaired) electrons. The summed E-state index contributed by atoms with van der Waals surface area (Å²) >= 11 is 0. The van der Waals surface area contributed by atoms with Gasteiger partial charge in [-0.3, -0.25) is 0 Å². The maximum absolute atomic E-state index is 13.1. The lowest BCUT2D eigenvalue weighted by Crippen LogP contribution is -2.23. The zero-order valence-corrected chi connectivity index (χ0v) is 9.90. The van der Waals surface area contributed by atoms with Gasteiger partial charge in [0.25, 0.3) is 0 Å². The predicted octanol–water partition coefficient (Wildman–Crippen LogP) is 3.13. The number of anilines is 1. The summed E-state index contributed by atoms with van der Waals surface area (Å²) in [4.78, 5) is 0. The monoisotopic (exact) mass is 243 g/mol. The molecule has 0 spiro atoms. The Kier molecular flexibility index (Phi) is 2.67. The molecule has 2 N–H and O–H groups in total. The lowest BCUT2D eigenvalue weighted by Gasteiger charge is -2.30. The SMILES string of the molecule is Nc1ccc(F)cc1OCC1Cc2ccccc21.